The Morgan fingerprint density at radius 2 is 1.92 bits per heavy atom. The molecule has 4 aliphatic rings. The molecule has 204 valence electrons. The molecular weight excluding hydrogens is 504 g/mol. The largest absolute Gasteiger partial charge is 0.356 e. The van der Waals surface area contributed by atoms with E-state index in [-0.39, 0.29) is 5.41 Å². The molecule has 2 aliphatic heterocycles. The summed E-state index contributed by atoms with van der Waals surface area (Å²) in [5.41, 5.74) is 8.75. The van der Waals surface area contributed by atoms with Crippen LogP contribution in [0.15, 0.2) is 12.5 Å². The van der Waals surface area contributed by atoms with Gasteiger partial charge >= 0.3 is 0 Å². The Hall–Kier alpha value is -2.71. The number of aromatic nitrogens is 4. The SMILES string of the molecule is Cc1c(-c2[nH]c3sc([C@@H]4C[C@@H]5C[C@H]4CN5C4CC5(CCNC5=O)C4)c(C)c3c2C(C)C)cn2ncnc2c1C. The molecule has 3 atom stereocenters. The molecule has 8 heteroatoms. The molecule has 0 aromatic carbocycles. The summed E-state index contributed by atoms with van der Waals surface area (Å²) in [6, 6.07) is 1.31. The second-order valence-electron chi connectivity index (χ2n) is 13.2. The zero-order valence-corrected chi connectivity index (χ0v) is 24.4. The molecule has 0 radical (unpaired) electrons. The lowest BCUT2D eigenvalue weighted by Crippen LogP contribution is -2.56. The van der Waals surface area contributed by atoms with Crippen molar-refractivity contribution in [3.05, 3.63) is 39.7 Å². The van der Waals surface area contributed by atoms with Crippen molar-refractivity contribution in [1.29, 1.82) is 0 Å². The van der Waals surface area contributed by atoms with Crippen molar-refractivity contribution in [3.8, 4) is 11.3 Å². The summed E-state index contributed by atoms with van der Waals surface area (Å²) in [4.78, 5) is 26.4. The number of carbonyl (C=O) groups is 1. The number of aryl methyl sites for hydroxylation is 2. The van der Waals surface area contributed by atoms with Gasteiger partial charge in [-0.05, 0) is 92.9 Å². The molecule has 6 heterocycles. The molecule has 2 aliphatic carbocycles. The van der Waals surface area contributed by atoms with Crippen LogP contribution in [0.4, 0.5) is 0 Å². The van der Waals surface area contributed by atoms with E-state index in [9.17, 15) is 4.79 Å². The third-order valence-electron chi connectivity index (χ3n) is 10.9. The molecule has 8 rings (SSSR count). The Balaban J connectivity index is 1.10. The molecule has 2 N–H and O–H groups in total. The Morgan fingerprint density at radius 3 is 2.62 bits per heavy atom. The highest BCUT2D eigenvalue weighted by Gasteiger charge is 2.57. The van der Waals surface area contributed by atoms with E-state index in [1.807, 2.05) is 15.9 Å². The topological polar surface area (TPSA) is 78.3 Å². The van der Waals surface area contributed by atoms with Gasteiger partial charge in [0.2, 0.25) is 5.91 Å². The van der Waals surface area contributed by atoms with E-state index in [0.717, 1.165) is 37.4 Å². The van der Waals surface area contributed by atoms with Crippen LogP contribution in [0.2, 0.25) is 0 Å². The number of carbonyl (C=O) groups excluding carboxylic acids is 1. The van der Waals surface area contributed by atoms with Gasteiger partial charge in [0.15, 0.2) is 5.65 Å². The predicted molar refractivity (Wildman–Crippen MR) is 155 cm³/mol. The number of thiophene rings is 1. The maximum Gasteiger partial charge on any atom is 0.226 e. The van der Waals surface area contributed by atoms with Crippen LogP contribution in [-0.2, 0) is 4.79 Å². The number of H-pyrrole nitrogens is 1. The zero-order chi connectivity index (χ0) is 26.8. The van der Waals surface area contributed by atoms with Gasteiger partial charge in [0.25, 0.3) is 0 Å². The van der Waals surface area contributed by atoms with Gasteiger partial charge in [0, 0.05) is 47.2 Å². The minimum atomic E-state index is -0.0324. The van der Waals surface area contributed by atoms with Gasteiger partial charge in [-0.25, -0.2) is 9.50 Å². The van der Waals surface area contributed by atoms with Crippen molar-refractivity contribution in [1.82, 2.24) is 29.8 Å². The first-order valence-electron chi connectivity index (χ1n) is 14.7. The van der Waals surface area contributed by atoms with Gasteiger partial charge in [0.05, 0.1) is 11.1 Å². The highest BCUT2D eigenvalue weighted by molar-refractivity contribution is 7.19. The van der Waals surface area contributed by atoms with E-state index >= 15 is 0 Å². The number of hydrogen-bond donors (Lipinski definition) is 2. The minimum absolute atomic E-state index is 0.0324. The second kappa shape index (κ2) is 8.16. The first kappa shape index (κ1) is 24.1. The fourth-order valence-electron chi connectivity index (χ4n) is 8.79. The average molecular weight is 543 g/mol. The van der Waals surface area contributed by atoms with Crippen LogP contribution in [0, 0.1) is 32.1 Å². The number of nitrogens with zero attached hydrogens (tertiary/aromatic N) is 4. The summed E-state index contributed by atoms with van der Waals surface area (Å²) in [7, 11) is 0. The van der Waals surface area contributed by atoms with E-state index in [1.54, 1.807) is 11.2 Å². The number of nitrogens with one attached hydrogen (secondary N) is 2. The third kappa shape index (κ3) is 3.22. The first-order chi connectivity index (χ1) is 18.8. The van der Waals surface area contributed by atoms with Crippen LogP contribution in [0.5, 0.6) is 0 Å². The average Bonchev–Trinajstić information content (AvgIpc) is 3.70. The Labute approximate surface area is 233 Å². The fourth-order valence-corrected chi connectivity index (χ4v) is 10.2. The van der Waals surface area contributed by atoms with Crippen molar-refractivity contribution in [2.75, 3.05) is 13.1 Å². The van der Waals surface area contributed by atoms with E-state index < -0.39 is 0 Å². The number of pyridine rings is 1. The maximum atomic E-state index is 12.4. The highest BCUT2D eigenvalue weighted by Crippen LogP contribution is 2.57. The molecule has 4 fully saturated rings. The number of rotatable bonds is 4. The standard InChI is InChI=1S/C31H38N6OS/c1-15(2)24-25-18(5)27(39-29(25)35-26(24)23-13-37-28(33-14-34-37)17(4)16(23)3)22-9-20-8-19(22)12-36(20)21-10-31(11-21)6-7-32-30(31)38/h13-15,19-22,35H,6-12H2,1-5H3,(H,32,38)/t19-,20-,21?,22+,31?/m0/s1. The van der Waals surface area contributed by atoms with Crippen LogP contribution in [0.3, 0.4) is 0 Å². The Bertz CT molecular complexity index is 1650. The van der Waals surface area contributed by atoms with Crippen molar-refractivity contribution >= 4 is 33.1 Å². The molecule has 1 spiro atoms. The molecule has 4 aromatic heterocycles. The van der Waals surface area contributed by atoms with E-state index in [2.05, 4.69) is 66.1 Å². The lowest BCUT2D eigenvalue weighted by Gasteiger charge is -2.50. The molecule has 2 saturated carbocycles. The monoisotopic (exact) mass is 542 g/mol. The van der Waals surface area contributed by atoms with Crippen molar-refractivity contribution in [2.45, 2.75) is 90.6 Å². The molecule has 2 bridgehead atoms. The van der Waals surface area contributed by atoms with Crippen LogP contribution >= 0.6 is 11.3 Å². The molecule has 2 saturated heterocycles. The van der Waals surface area contributed by atoms with Gasteiger partial charge in [0.1, 0.15) is 11.2 Å². The van der Waals surface area contributed by atoms with Crippen LogP contribution < -0.4 is 5.32 Å². The predicted octanol–water partition coefficient (Wildman–Crippen LogP) is 5.83. The van der Waals surface area contributed by atoms with E-state index in [1.165, 1.54) is 63.1 Å². The second-order valence-corrected chi connectivity index (χ2v) is 14.3. The van der Waals surface area contributed by atoms with Crippen molar-refractivity contribution in [2.24, 2.45) is 11.3 Å². The molecule has 7 nitrogen and oxygen atoms in total. The first-order valence-corrected chi connectivity index (χ1v) is 15.6. The maximum absolute atomic E-state index is 12.4. The van der Waals surface area contributed by atoms with E-state index in [4.69, 9.17) is 0 Å². The molecule has 0 unspecified atom stereocenters. The van der Waals surface area contributed by atoms with Crippen LogP contribution in [0.1, 0.15) is 84.9 Å². The normalized spacial score (nSPS) is 30.5. The highest BCUT2D eigenvalue weighted by atomic mass is 32.1. The summed E-state index contributed by atoms with van der Waals surface area (Å²) in [6.45, 7) is 13.5. The molecular formula is C31H38N6OS. The van der Waals surface area contributed by atoms with E-state index in [0.29, 0.717) is 29.8 Å². The van der Waals surface area contributed by atoms with Crippen molar-refractivity contribution < 1.29 is 4.79 Å². The number of piperidine rings is 1. The quantitative estimate of drug-likeness (QED) is 0.340. The number of aromatic amines is 1. The number of hydrogen-bond acceptors (Lipinski definition) is 5. The van der Waals surface area contributed by atoms with Gasteiger partial charge in [-0.2, -0.15) is 5.10 Å². The van der Waals surface area contributed by atoms with Gasteiger partial charge in [-0.15, -0.1) is 11.3 Å². The summed E-state index contributed by atoms with van der Waals surface area (Å²) in [5, 5.41) is 8.98. The fraction of sp³-hybridized carbons (Fsp3) is 0.581. The molecule has 39 heavy (non-hydrogen) atoms. The Kier molecular flexibility index (Phi) is 5.05. The van der Waals surface area contributed by atoms with Gasteiger partial charge < -0.3 is 10.3 Å². The number of amides is 1. The number of fused-ring (bicyclic) bond motifs is 4. The Morgan fingerprint density at radius 1 is 1.10 bits per heavy atom. The van der Waals surface area contributed by atoms with Gasteiger partial charge in [-0.3, -0.25) is 9.69 Å². The molecule has 4 aromatic rings. The summed E-state index contributed by atoms with van der Waals surface area (Å²) in [5.74, 6) is 2.14. The van der Waals surface area contributed by atoms with Gasteiger partial charge in [-0.1, -0.05) is 13.8 Å². The lowest BCUT2D eigenvalue weighted by atomic mass is 9.63. The summed E-state index contributed by atoms with van der Waals surface area (Å²) >= 11 is 2.01. The van der Waals surface area contributed by atoms with Crippen LogP contribution in [-0.4, -0.2) is 55.6 Å². The smallest absolute Gasteiger partial charge is 0.226 e. The summed E-state index contributed by atoms with van der Waals surface area (Å²) in [6.07, 6.45) is 9.58. The zero-order valence-electron chi connectivity index (χ0n) is 23.6. The lowest BCUT2D eigenvalue weighted by molar-refractivity contribution is -0.136. The molecule has 1 amide bonds. The third-order valence-corrected chi connectivity index (χ3v) is 12.3. The van der Waals surface area contributed by atoms with Crippen molar-refractivity contribution in [3.63, 3.8) is 0 Å². The summed E-state index contributed by atoms with van der Waals surface area (Å²) < 4.78 is 1.92. The van der Waals surface area contributed by atoms with Crippen LogP contribution in [0.25, 0.3) is 27.1 Å². The minimum Gasteiger partial charge on any atom is -0.356 e. The number of likely N-dealkylation sites (tertiary alicyclic amines) is 1.